The Morgan fingerprint density at radius 3 is 2.81 bits per heavy atom. The molecule has 108 valence electrons. The number of nitriles is 1. The summed E-state index contributed by atoms with van der Waals surface area (Å²) >= 11 is 0. The number of allylic oxidation sites excluding steroid dienone is 4. The number of carbonyl (C=O) groups is 1. The summed E-state index contributed by atoms with van der Waals surface area (Å²) in [4.78, 5) is 11.9. The van der Waals surface area contributed by atoms with Crippen LogP contribution in [0, 0.1) is 17.2 Å². The number of hydrogen-bond acceptors (Lipinski definition) is 3. The Hall–Kier alpha value is -2.41. The molecule has 1 aliphatic carbocycles. The molecule has 1 aliphatic rings. The van der Waals surface area contributed by atoms with Crippen molar-refractivity contribution in [1.82, 2.24) is 0 Å². The molecule has 0 radical (unpaired) electrons. The molecule has 3 unspecified atom stereocenters. The lowest BCUT2D eigenvalue weighted by molar-refractivity contribution is -0.150. The highest BCUT2D eigenvalue weighted by atomic mass is 19.1. The molecule has 0 N–H and O–H groups in total. The van der Waals surface area contributed by atoms with E-state index in [9.17, 15) is 9.18 Å². The Balaban J connectivity index is 1.98. The second-order valence-corrected chi connectivity index (χ2v) is 4.98. The van der Waals surface area contributed by atoms with Gasteiger partial charge in [-0.05, 0) is 18.6 Å². The monoisotopic (exact) mass is 285 g/mol. The van der Waals surface area contributed by atoms with E-state index in [0.717, 1.165) is 5.56 Å². The highest BCUT2D eigenvalue weighted by Gasteiger charge is 2.38. The summed E-state index contributed by atoms with van der Waals surface area (Å²) in [6.07, 6.45) is 5.23. The Morgan fingerprint density at radius 1 is 1.43 bits per heavy atom. The first kappa shape index (κ1) is 15.0. The van der Waals surface area contributed by atoms with Crippen molar-refractivity contribution in [3.8, 4) is 6.07 Å². The number of alkyl halides is 1. The van der Waals surface area contributed by atoms with Gasteiger partial charge in [-0.1, -0.05) is 48.6 Å². The fourth-order valence-electron chi connectivity index (χ4n) is 2.21. The Morgan fingerprint density at radius 2 is 2.14 bits per heavy atom. The summed E-state index contributed by atoms with van der Waals surface area (Å²) in [5.41, 5.74) is -1.28. The van der Waals surface area contributed by atoms with Crippen LogP contribution >= 0.6 is 0 Å². The lowest BCUT2D eigenvalue weighted by Gasteiger charge is -2.24. The van der Waals surface area contributed by atoms with Crippen LogP contribution in [-0.2, 0) is 9.53 Å². The zero-order valence-corrected chi connectivity index (χ0v) is 11.7. The van der Waals surface area contributed by atoms with Crippen LogP contribution in [0.5, 0.6) is 0 Å². The third kappa shape index (κ3) is 3.57. The van der Waals surface area contributed by atoms with Crippen molar-refractivity contribution in [2.75, 3.05) is 0 Å². The predicted octanol–water partition coefficient (Wildman–Crippen LogP) is 3.65. The quantitative estimate of drug-likeness (QED) is 0.793. The average molecular weight is 285 g/mol. The van der Waals surface area contributed by atoms with Gasteiger partial charge in [0.05, 0.1) is 6.42 Å². The van der Waals surface area contributed by atoms with Gasteiger partial charge in [0.1, 0.15) is 12.2 Å². The van der Waals surface area contributed by atoms with Crippen LogP contribution in [0.15, 0.2) is 54.6 Å². The van der Waals surface area contributed by atoms with Gasteiger partial charge in [-0.2, -0.15) is 5.26 Å². The number of halogens is 1. The molecule has 0 fully saturated rings. The SMILES string of the molecule is CC(OC(=O)CC1C=CC=CC1(F)C#N)c1ccccc1. The van der Waals surface area contributed by atoms with Gasteiger partial charge in [0, 0.05) is 5.92 Å². The molecule has 0 bridgehead atoms. The number of benzene rings is 1. The molecular weight excluding hydrogens is 269 g/mol. The van der Waals surface area contributed by atoms with Crippen molar-refractivity contribution >= 4 is 5.97 Å². The summed E-state index contributed by atoms with van der Waals surface area (Å²) in [5.74, 6) is -1.34. The van der Waals surface area contributed by atoms with E-state index in [1.165, 1.54) is 18.2 Å². The topological polar surface area (TPSA) is 50.1 Å². The zero-order valence-electron chi connectivity index (χ0n) is 11.7. The molecule has 0 saturated carbocycles. The van der Waals surface area contributed by atoms with Crippen LogP contribution in [-0.4, -0.2) is 11.6 Å². The Bertz CT molecular complexity index is 603. The van der Waals surface area contributed by atoms with Crippen molar-refractivity contribution in [3.63, 3.8) is 0 Å². The highest BCUT2D eigenvalue weighted by Crippen LogP contribution is 2.31. The second-order valence-electron chi connectivity index (χ2n) is 4.98. The van der Waals surface area contributed by atoms with Gasteiger partial charge in [0.25, 0.3) is 0 Å². The molecule has 2 rings (SSSR count). The van der Waals surface area contributed by atoms with Crippen molar-refractivity contribution in [3.05, 3.63) is 60.2 Å². The second kappa shape index (κ2) is 6.36. The summed E-state index contributed by atoms with van der Waals surface area (Å²) in [5, 5.41) is 8.93. The van der Waals surface area contributed by atoms with E-state index in [-0.39, 0.29) is 6.42 Å². The van der Waals surface area contributed by atoms with E-state index in [4.69, 9.17) is 10.00 Å². The molecule has 3 nitrogen and oxygen atoms in total. The molecule has 0 saturated heterocycles. The normalized spacial score (nSPS) is 25.1. The number of rotatable bonds is 4. The number of hydrogen-bond donors (Lipinski definition) is 0. The summed E-state index contributed by atoms with van der Waals surface area (Å²) in [6.45, 7) is 1.76. The molecule has 1 aromatic rings. The maximum Gasteiger partial charge on any atom is 0.307 e. The summed E-state index contributed by atoms with van der Waals surface area (Å²) in [7, 11) is 0. The molecule has 0 aromatic heterocycles. The lowest BCUT2D eigenvalue weighted by atomic mass is 9.84. The summed E-state index contributed by atoms with van der Waals surface area (Å²) in [6, 6.07) is 10.9. The first-order chi connectivity index (χ1) is 10.0. The van der Waals surface area contributed by atoms with Gasteiger partial charge < -0.3 is 4.74 Å². The first-order valence-corrected chi connectivity index (χ1v) is 6.76. The van der Waals surface area contributed by atoms with Crippen molar-refractivity contribution in [2.24, 2.45) is 5.92 Å². The van der Waals surface area contributed by atoms with Crippen LogP contribution in [0.1, 0.15) is 25.0 Å². The van der Waals surface area contributed by atoms with E-state index in [1.807, 2.05) is 30.3 Å². The maximum atomic E-state index is 14.3. The Kier molecular flexibility index (Phi) is 4.54. The molecule has 0 aliphatic heterocycles. The van der Waals surface area contributed by atoms with Crippen molar-refractivity contribution in [2.45, 2.75) is 25.1 Å². The fourth-order valence-corrected chi connectivity index (χ4v) is 2.21. The van der Waals surface area contributed by atoms with E-state index in [2.05, 4.69) is 0 Å². The number of carbonyl (C=O) groups excluding carboxylic acids is 1. The number of nitrogens with zero attached hydrogens (tertiary/aromatic N) is 1. The van der Waals surface area contributed by atoms with E-state index < -0.39 is 23.7 Å². The Labute approximate surface area is 123 Å². The average Bonchev–Trinajstić information content (AvgIpc) is 2.50. The fraction of sp³-hybridized carbons (Fsp3) is 0.294. The predicted molar refractivity (Wildman–Crippen MR) is 76.8 cm³/mol. The molecule has 21 heavy (non-hydrogen) atoms. The summed E-state index contributed by atoms with van der Waals surface area (Å²) < 4.78 is 19.6. The third-order valence-corrected chi connectivity index (χ3v) is 3.47. The van der Waals surface area contributed by atoms with Crippen LogP contribution in [0.3, 0.4) is 0 Å². The molecule has 0 heterocycles. The van der Waals surface area contributed by atoms with Crippen molar-refractivity contribution < 1.29 is 13.9 Å². The van der Waals surface area contributed by atoms with Crippen LogP contribution < -0.4 is 0 Å². The molecule has 3 atom stereocenters. The van der Waals surface area contributed by atoms with Crippen LogP contribution in [0.2, 0.25) is 0 Å². The largest absolute Gasteiger partial charge is 0.458 e. The number of esters is 1. The van der Waals surface area contributed by atoms with Gasteiger partial charge in [-0.15, -0.1) is 0 Å². The smallest absolute Gasteiger partial charge is 0.307 e. The minimum Gasteiger partial charge on any atom is -0.458 e. The molecule has 4 heteroatoms. The number of ether oxygens (including phenoxy) is 1. The van der Waals surface area contributed by atoms with Gasteiger partial charge in [-0.25, -0.2) is 4.39 Å². The van der Waals surface area contributed by atoms with Gasteiger partial charge in [0.2, 0.25) is 5.67 Å². The first-order valence-electron chi connectivity index (χ1n) is 6.76. The van der Waals surface area contributed by atoms with E-state index in [0.29, 0.717) is 0 Å². The van der Waals surface area contributed by atoms with Gasteiger partial charge in [-0.3, -0.25) is 4.79 Å². The minimum absolute atomic E-state index is 0.165. The molecule has 1 aromatic carbocycles. The zero-order chi connectivity index (χ0) is 15.3. The van der Waals surface area contributed by atoms with Crippen molar-refractivity contribution in [1.29, 1.82) is 5.26 Å². The maximum absolute atomic E-state index is 14.3. The molecule has 0 amide bonds. The lowest BCUT2D eigenvalue weighted by Crippen LogP contribution is -2.31. The van der Waals surface area contributed by atoms with Crippen LogP contribution in [0.4, 0.5) is 4.39 Å². The molecular formula is C17H16FNO2. The molecule has 0 spiro atoms. The third-order valence-electron chi connectivity index (χ3n) is 3.47. The minimum atomic E-state index is -2.15. The van der Waals surface area contributed by atoms with Gasteiger partial charge in [0.15, 0.2) is 0 Å². The van der Waals surface area contributed by atoms with E-state index >= 15 is 0 Å². The highest BCUT2D eigenvalue weighted by molar-refractivity contribution is 5.71. The van der Waals surface area contributed by atoms with Gasteiger partial charge >= 0.3 is 5.97 Å². The van der Waals surface area contributed by atoms with Crippen LogP contribution in [0.25, 0.3) is 0 Å². The standard InChI is InChI=1S/C17H16FNO2/c1-13(14-7-3-2-4-8-14)21-16(20)11-15-9-5-6-10-17(15,18)12-19/h2-10,13,15H,11H2,1H3. The van der Waals surface area contributed by atoms with E-state index in [1.54, 1.807) is 19.1 Å².